The summed E-state index contributed by atoms with van der Waals surface area (Å²) in [7, 11) is 1.93. The van der Waals surface area contributed by atoms with Crippen molar-refractivity contribution < 1.29 is 0 Å². The van der Waals surface area contributed by atoms with Crippen LogP contribution in [0.25, 0.3) is 0 Å². The van der Waals surface area contributed by atoms with Gasteiger partial charge in [-0.25, -0.2) is 0 Å². The SMILES string of the molecule is CCC(CNC)=NC(=C/N)/C(C)=C1/C=CC=CC1. The minimum atomic E-state index is 0.798. The normalized spacial score (nSPS) is 19.3. The minimum absolute atomic E-state index is 0.798. The summed E-state index contributed by atoms with van der Waals surface area (Å²) in [6.45, 7) is 4.98. The molecule has 0 saturated carbocycles. The zero-order valence-electron chi connectivity index (χ0n) is 11.5. The first kappa shape index (κ1) is 14.5. The Morgan fingerprint density at radius 1 is 1.50 bits per heavy atom. The van der Waals surface area contributed by atoms with Crippen LogP contribution >= 0.6 is 0 Å². The molecular formula is C15H23N3. The monoisotopic (exact) mass is 245 g/mol. The van der Waals surface area contributed by atoms with Gasteiger partial charge in [0.25, 0.3) is 0 Å². The van der Waals surface area contributed by atoms with Crippen LogP contribution in [-0.4, -0.2) is 19.3 Å². The molecule has 1 aliphatic rings. The Hall–Kier alpha value is -1.61. The fourth-order valence-electron chi connectivity index (χ4n) is 1.82. The van der Waals surface area contributed by atoms with Gasteiger partial charge in [-0.3, -0.25) is 4.99 Å². The van der Waals surface area contributed by atoms with E-state index in [1.54, 1.807) is 6.20 Å². The molecular weight excluding hydrogens is 222 g/mol. The van der Waals surface area contributed by atoms with Crippen molar-refractivity contribution in [1.82, 2.24) is 5.32 Å². The van der Waals surface area contributed by atoms with E-state index in [-0.39, 0.29) is 0 Å². The fourth-order valence-corrected chi connectivity index (χ4v) is 1.82. The predicted molar refractivity (Wildman–Crippen MR) is 79.5 cm³/mol. The Bertz CT molecular complexity index is 423. The van der Waals surface area contributed by atoms with E-state index in [2.05, 4.69) is 48.5 Å². The summed E-state index contributed by atoms with van der Waals surface area (Å²) in [5.74, 6) is 0. The van der Waals surface area contributed by atoms with Gasteiger partial charge in [0.2, 0.25) is 0 Å². The quantitative estimate of drug-likeness (QED) is 0.732. The summed E-state index contributed by atoms with van der Waals surface area (Å²) in [6.07, 6.45) is 11.8. The Morgan fingerprint density at radius 3 is 2.78 bits per heavy atom. The predicted octanol–water partition coefficient (Wildman–Crippen LogP) is 2.69. The first-order valence-electron chi connectivity index (χ1n) is 6.39. The number of nitrogens with zero attached hydrogens (tertiary/aromatic N) is 1. The van der Waals surface area contributed by atoms with Crippen LogP contribution in [0.2, 0.25) is 0 Å². The fraction of sp³-hybridized carbons (Fsp3) is 0.400. The summed E-state index contributed by atoms with van der Waals surface area (Å²) in [5.41, 5.74) is 10.1. The van der Waals surface area contributed by atoms with Gasteiger partial charge in [-0.15, -0.1) is 0 Å². The Balaban J connectivity index is 2.97. The Morgan fingerprint density at radius 2 is 2.28 bits per heavy atom. The molecule has 0 saturated heterocycles. The molecule has 1 rings (SSSR count). The maximum atomic E-state index is 5.71. The van der Waals surface area contributed by atoms with E-state index in [1.165, 1.54) is 5.57 Å². The molecule has 0 atom stereocenters. The molecule has 0 aromatic rings. The van der Waals surface area contributed by atoms with Crippen LogP contribution in [0, 0.1) is 0 Å². The molecule has 0 heterocycles. The van der Waals surface area contributed by atoms with Crippen molar-refractivity contribution in [2.75, 3.05) is 13.6 Å². The van der Waals surface area contributed by atoms with Gasteiger partial charge < -0.3 is 11.1 Å². The molecule has 0 aliphatic heterocycles. The van der Waals surface area contributed by atoms with Gasteiger partial charge in [-0.2, -0.15) is 0 Å². The van der Waals surface area contributed by atoms with Crippen LogP contribution in [0.1, 0.15) is 26.7 Å². The maximum absolute atomic E-state index is 5.71. The van der Waals surface area contributed by atoms with Gasteiger partial charge in [-0.05, 0) is 38.0 Å². The molecule has 3 heteroatoms. The number of nitrogens with two attached hydrogens (primary N) is 1. The number of nitrogens with one attached hydrogen (secondary N) is 1. The van der Waals surface area contributed by atoms with Crippen LogP contribution in [-0.2, 0) is 0 Å². The Kier molecular flexibility index (Phi) is 6.15. The first-order valence-corrected chi connectivity index (χ1v) is 6.39. The van der Waals surface area contributed by atoms with Crippen molar-refractivity contribution >= 4 is 5.71 Å². The standard InChI is InChI=1S/C15H23N3/c1-4-14(11-17-3)18-15(10-16)12(2)13-8-6-5-7-9-13/h5-8,10,17H,4,9,11,16H2,1-3H3/b13-12-,15-10+,18-14?. The van der Waals surface area contributed by atoms with E-state index in [4.69, 9.17) is 5.73 Å². The first-order chi connectivity index (χ1) is 8.72. The smallest absolute Gasteiger partial charge is 0.0815 e. The average Bonchev–Trinajstić information content (AvgIpc) is 2.43. The molecule has 0 fully saturated rings. The number of allylic oxidation sites excluding steroid dienone is 6. The lowest BCUT2D eigenvalue weighted by atomic mass is 10.0. The number of hydrogen-bond acceptors (Lipinski definition) is 3. The van der Waals surface area contributed by atoms with Crippen molar-refractivity contribution in [2.45, 2.75) is 26.7 Å². The number of hydrogen-bond donors (Lipinski definition) is 2. The molecule has 1 aliphatic carbocycles. The lowest BCUT2D eigenvalue weighted by Gasteiger charge is -2.11. The van der Waals surface area contributed by atoms with E-state index < -0.39 is 0 Å². The van der Waals surface area contributed by atoms with Gasteiger partial charge in [-0.1, -0.05) is 31.2 Å². The van der Waals surface area contributed by atoms with Crippen molar-refractivity contribution in [3.8, 4) is 0 Å². The van der Waals surface area contributed by atoms with E-state index in [0.29, 0.717) is 0 Å². The van der Waals surface area contributed by atoms with Gasteiger partial charge >= 0.3 is 0 Å². The summed E-state index contributed by atoms with van der Waals surface area (Å²) in [5, 5.41) is 3.13. The molecule has 18 heavy (non-hydrogen) atoms. The second-order valence-corrected chi connectivity index (χ2v) is 4.26. The molecule has 0 spiro atoms. The van der Waals surface area contributed by atoms with Crippen molar-refractivity contribution in [1.29, 1.82) is 0 Å². The molecule has 3 nitrogen and oxygen atoms in total. The molecule has 0 unspecified atom stereocenters. The third-order valence-corrected chi connectivity index (χ3v) is 2.97. The second kappa shape index (κ2) is 7.67. The number of rotatable bonds is 5. The lowest BCUT2D eigenvalue weighted by Crippen LogP contribution is -2.18. The van der Waals surface area contributed by atoms with Crippen molar-refractivity contribution in [3.63, 3.8) is 0 Å². The molecule has 3 N–H and O–H groups in total. The molecule has 0 bridgehead atoms. The Labute approximate surface area is 110 Å². The van der Waals surface area contributed by atoms with Crippen LogP contribution in [0.15, 0.2) is 52.3 Å². The van der Waals surface area contributed by atoms with Gasteiger partial charge in [0.15, 0.2) is 0 Å². The second-order valence-electron chi connectivity index (χ2n) is 4.26. The highest BCUT2D eigenvalue weighted by molar-refractivity contribution is 5.87. The minimum Gasteiger partial charge on any atom is -0.403 e. The van der Waals surface area contributed by atoms with Crippen LogP contribution in [0.5, 0.6) is 0 Å². The van der Waals surface area contributed by atoms with E-state index in [9.17, 15) is 0 Å². The van der Waals surface area contributed by atoms with Gasteiger partial charge in [0, 0.05) is 18.5 Å². The van der Waals surface area contributed by atoms with Crippen molar-refractivity contribution in [2.24, 2.45) is 10.7 Å². The zero-order chi connectivity index (χ0) is 13.4. The highest BCUT2D eigenvalue weighted by atomic mass is 14.9. The van der Waals surface area contributed by atoms with E-state index >= 15 is 0 Å². The molecule has 0 amide bonds. The number of aliphatic imine (C=N–C) groups is 1. The summed E-state index contributed by atoms with van der Waals surface area (Å²) in [4.78, 5) is 4.65. The largest absolute Gasteiger partial charge is 0.403 e. The van der Waals surface area contributed by atoms with Crippen molar-refractivity contribution in [3.05, 3.63) is 47.3 Å². The molecule has 0 radical (unpaired) electrons. The maximum Gasteiger partial charge on any atom is 0.0815 e. The summed E-state index contributed by atoms with van der Waals surface area (Å²) in [6, 6.07) is 0. The van der Waals surface area contributed by atoms with Crippen LogP contribution in [0.4, 0.5) is 0 Å². The summed E-state index contributed by atoms with van der Waals surface area (Å²) >= 11 is 0. The van der Waals surface area contributed by atoms with Crippen LogP contribution < -0.4 is 11.1 Å². The highest BCUT2D eigenvalue weighted by Crippen LogP contribution is 2.21. The molecule has 98 valence electrons. The molecule has 0 aromatic carbocycles. The van der Waals surface area contributed by atoms with E-state index in [1.807, 2.05) is 7.05 Å². The molecule has 0 aromatic heterocycles. The van der Waals surface area contributed by atoms with E-state index in [0.717, 1.165) is 36.4 Å². The van der Waals surface area contributed by atoms with Gasteiger partial charge in [0.1, 0.15) is 0 Å². The third-order valence-electron chi connectivity index (χ3n) is 2.97. The average molecular weight is 245 g/mol. The van der Waals surface area contributed by atoms with Crippen LogP contribution in [0.3, 0.4) is 0 Å². The highest BCUT2D eigenvalue weighted by Gasteiger charge is 2.06. The summed E-state index contributed by atoms with van der Waals surface area (Å²) < 4.78 is 0. The topological polar surface area (TPSA) is 50.4 Å². The lowest BCUT2D eigenvalue weighted by molar-refractivity contribution is 0.925. The zero-order valence-corrected chi connectivity index (χ0v) is 11.5. The van der Waals surface area contributed by atoms with Gasteiger partial charge in [0.05, 0.1) is 5.70 Å². The third kappa shape index (κ3) is 4.00.